The van der Waals surface area contributed by atoms with E-state index in [2.05, 4.69) is 37.3 Å². The van der Waals surface area contributed by atoms with E-state index < -0.39 is 0 Å². The van der Waals surface area contributed by atoms with Crippen LogP contribution in [0, 0.1) is 0 Å². The molecule has 92 valence electrons. The van der Waals surface area contributed by atoms with Crippen molar-refractivity contribution in [3.63, 3.8) is 0 Å². The summed E-state index contributed by atoms with van der Waals surface area (Å²) in [6, 6.07) is 18.2. The largest absolute Gasteiger partial charge is 0.295 e. The number of rotatable bonds is 4. The van der Waals surface area contributed by atoms with Crippen molar-refractivity contribution < 1.29 is 4.79 Å². The standard InChI is InChI=1S/C16H16OS/c1-12(17)15-9-6-10-16(11-15)18-13(2)14-7-4-3-5-8-14/h3-11,13H,1-2H3. The van der Waals surface area contributed by atoms with Gasteiger partial charge in [0.15, 0.2) is 5.78 Å². The molecule has 2 aromatic carbocycles. The third-order valence-corrected chi connectivity index (χ3v) is 3.97. The van der Waals surface area contributed by atoms with Gasteiger partial charge >= 0.3 is 0 Å². The highest BCUT2D eigenvalue weighted by molar-refractivity contribution is 7.99. The van der Waals surface area contributed by atoms with E-state index in [9.17, 15) is 4.79 Å². The van der Waals surface area contributed by atoms with Crippen molar-refractivity contribution in [2.45, 2.75) is 24.0 Å². The monoisotopic (exact) mass is 256 g/mol. The zero-order valence-corrected chi connectivity index (χ0v) is 11.4. The molecule has 0 heterocycles. The Kier molecular flexibility index (Phi) is 4.21. The number of ketones is 1. The summed E-state index contributed by atoms with van der Waals surface area (Å²) in [6.45, 7) is 3.78. The van der Waals surface area contributed by atoms with Gasteiger partial charge in [-0.1, -0.05) is 42.5 Å². The van der Waals surface area contributed by atoms with Crippen molar-refractivity contribution in [3.05, 3.63) is 65.7 Å². The topological polar surface area (TPSA) is 17.1 Å². The lowest BCUT2D eigenvalue weighted by Gasteiger charge is -2.11. The fourth-order valence-corrected chi connectivity index (χ4v) is 2.84. The quantitative estimate of drug-likeness (QED) is 0.580. The van der Waals surface area contributed by atoms with Crippen LogP contribution in [0.1, 0.15) is 35.0 Å². The van der Waals surface area contributed by atoms with Crippen LogP contribution in [0.5, 0.6) is 0 Å². The Morgan fingerprint density at radius 1 is 1.06 bits per heavy atom. The van der Waals surface area contributed by atoms with E-state index in [0.717, 1.165) is 10.5 Å². The van der Waals surface area contributed by atoms with Crippen molar-refractivity contribution in [1.29, 1.82) is 0 Å². The molecule has 0 saturated heterocycles. The Morgan fingerprint density at radius 3 is 2.44 bits per heavy atom. The van der Waals surface area contributed by atoms with Gasteiger partial charge in [-0.25, -0.2) is 0 Å². The molecule has 2 heteroatoms. The van der Waals surface area contributed by atoms with Crippen molar-refractivity contribution in [2.75, 3.05) is 0 Å². The van der Waals surface area contributed by atoms with Gasteiger partial charge in [-0.15, -0.1) is 11.8 Å². The molecule has 0 aliphatic rings. The molecular formula is C16H16OS. The number of hydrogen-bond donors (Lipinski definition) is 0. The number of benzene rings is 2. The Balaban J connectivity index is 2.14. The average Bonchev–Trinajstić information content (AvgIpc) is 2.40. The van der Waals surface area contributed by atoms with Gasteiger partial charge in [0.05, 0.1) is 0 Å². The van der Waals surface area contributed by atoms with E-state index in [1.54, 1.807) is 18.7 Å². The summed E-state index contributed by atoms with van der Waals surface area (Å²) < 4.78 is 0. The molecule has 0 saturated carbocycles. The maximum Gasteiger partial charge on any atom is 0.159 e. The van der Waals surface area contributed by atoms with Crippen LogP contribution < -0.4 is 0 Å². The van der Waals surface area contributed by atoms with Crippen LogP contribution in [-0.4, -0.2) is 5.78 Å². The highest BCUT2D eigenvalue weighted by Crippen LogP contribution is 2.34. The van der Waals surface area contributed by atoms with Crippen LogP contribution in [-0.2, 0) is 0 Å². The van der Waals surface area contributed by atoms with Crippen molar-refractivity contribution in [1.82, 2.24) is 0 Å². The van der Waals surface area contributed by atoms with Gasteiger partial charge in [-0.2, -0.15) is 0 Å². The van der Waals surface area contributed by atoms with Crippen LogP contribution in [0.15, 0.2) is 59.5 Å². The highest BCUT2D eigenvalue weighted by atomic mass is 32.2. The van der Waals surface area contributed by atoms with Gasteiger partial charge in [-0.3, -0.25) is 4.79 Å². The number of Topliss-reactive ketones (excluding diaryl/α,β-unsaturated/α-hetero) is 1. The summed E-state index contributed by atoms with van der Waals surface area (Å²) in [6.07, 6.45) is 0. The second-order valence-corrected chi connectivity index (χ2v) is 5.67. The van der Waals surface area contributed by atoms with Crippen LogP contribution in [0.2, 0.25) is 0 Å². The van der Waals surface area contributed by atoms with Crippen LogP contribution in [0.25, 0.3) is 0 Å². The molecule has 0 spiro atoms. The third-order valence-electron chi connectivity index (χ3n) is 2.82. The number of thioether (sulfide) groups is 1. The molecule has 1 atom stereocenters. The summed E-state index contributed by atoms with van der Waals surface area (Å²) in [4.78, 5) is 12.5. The fourth-order valence-electron chi connectivity index (χ4n) is 1.78. The van der Waals surface area contributed by atoms with E-state index in [1.807, 2.05) is 24.3 Å². The highest BCUT2D eigenvalue weighted by Gasteiger charge is 2.08. The van der Waals surface area contributed by atoms with Crippen molar-refractivity contribution in [2.24, 2.45) is 0 Å². The SMILES string of the molecule is CC(=O)c1cccc(SC(C)c2ccccc2)c1. The van der Waals surface area contributed by atoms with Gasteiger partial charge < -0.3 is 0 Å². The Labute approximate surface area is 112 Å². The first-order chi connectivity index (χ1) is 8.66. The van der Waals surface area contributed by atoms with Crippen LogP contribution >= 0.6 is 11.8 Å². The minimum absolute atomic E-state index is 0.116. The number of carbonyl (C=O) groups excluding carboxylic acids is 1. The molecule has 0 N–H and O–H groups in total. The van der Waals surface area contributed by atoms with E-state index >= 15 is 0 Å². The molecule has 0 radical (unpaired) electrons. The zero-order valence-electron chi connectivity index (χ0n) is 10.6. The number of carbonyl (C=O) groups is 1. The first-order valence-electron chi connectivity index (χ1n) is 5.99. The summed E-state index contributed by atoms with van der Waals surface area (Å²) >= 11 is 1.78. The molecule has 0 bridgehead atoms. The lowest BCUT2D eigenvalue weighted by Crippen LogP contribution is -1.92. The number of hydrogen-bond acceptors (Lipinski definition) is 2. The van der Waals surface area contributed by atoms with E-state index in [-0.39, 0.29) is 5.78 Å². The van der Waals surface area contributed by atoms with Crippen LogP contribution in [0.4, 0.5) is 0 Å². The molecule has 2 rings (SSSR count). The smallest absolute Gasteiger partial charge is 0.159 e. The van der Waals surface area contributed by atoms with Gasteiger partial charge in [0.2, 0.25) is 0 Å². The minimum Gasteiger partial charge on any atom is -0.295 e. The molecule has 1 nitrogen and oxygen atoms in total. The normalized spacial score (nSPS) is 12.1. The van der Waals surface area contributed by atoms with Crippen LogP contribution in [0.3, 0.4) is 0 Å². The molecule has 0 aliphatic carbocycles. The fraction of sp³-hybridized carbons (Fsp3) is 0.188. The first kappa shape index (κ1) is 12.9. The molecule has 1 unspecified atom stereocenters. The van der Waals surface area contributed by atoms with Crippen molar-refractivity contribution in [3.8, 4) is 0 Å². The lowest BCUT2D eigenvalue weighted by molar-refractivity contribution is 0.101. The van der Waals surface area contributed by atoms with Gasteiger partial charge in [0.25, 0.3) is 0 Å². The average molecular weight is 256 g/mol. The molecular weight excluding hydrogens is 240 g/mol. The summed E-state index contributed by atoms with van der Waals surface area (Å²) in [5.74, 6) is 0.116. The van der Waals surface area contributed by atoms with E-state index in [4.69, 9.17) is 0 Å². The zero-order chi connectivity index (χ0) is 13.0. The van der Waals surface area contributed by atoms with E-state index in [0.29, 0.717) is 5.25 Å². The molecule has 18 heavy (non-hydrogen) atoms. The Hall–Kier alpha value is -1.54. The summed E-state index contributed by atoms with van der Waals surface area (Å²) in [7, 11) is 0. The molecule has 0 aliphatic heterocycles. The second-order valence-electron chi connectivity index (χ2n) is 4.25. The molecule has 0 amide bonds. The predicted octanol–water partition coefficient (Wildman–Crippen LogP) is 4.74. The first-order valence-corrected chi connectivity index (χ1v) is 6.87. The molecule has 0 fully saturated rings. The Bertz CT molecular complexity index is 534. The van der Waals surface area contributed by atoms with Gasteiger partial charge in [0.1, 0.15) is 0 Å². The molecule has 0 aromatic heterocycles. The summed E-state index contributed by atoms with van der Waals surface area (Å²) in [5, 5.41) is 0.383. The predicted molar refractivity (Wildman–Crippen MR) is 77.2 cm³/mol. The van der Waals surface area contributed by atoms with Gasteiger partial charge in [0, 0.05) is 15.7 Å². The maximum atomic E-state index is 11.3. The van der Waals surface area contributed by atoms with Gasteiger partial charge in [-0.05, 0) is 31.5 Å². The maximum absolute atomic E-state index is 11.3. The third kappa shape index (κ3) is 3.23. The Morgan fingerprint density at radius 2 is 1.78 bits per heavy atom. The lowest BCUT2D eigenvalue weighted by atomic mass is 10.1. The van der Waals surface area contributed by atoms with E-state index in [1.165, 1.54) is 5.56 Å². The van der Waals surface area contributed by atoms with Crippen molar-refractivity contribution >= 4 is 17.5 Å². The summed E-state index contributed by atoms with van der Waals surface area (Å²) in [5.41, 5.74) is 2.08. The molecule has 2 aromatic rings. The second kappa shape index (κ2) is 5.87. The minimum atomic E-state index is 0.116.